The van der Waals surface area contributed by atoms with Crippen molar-refractivity contribution in [3.63, 3.8) is 0 Å². The summed E-state index contributed by atoms with van der Waals surface area (Å²) in [5.74, 6) is 0.834. The molecule has 0 aromatic heterocycles. The van der Waals surface area contributed by atoms with Crippen molar-refractivity contribution in [3.05, 3.63) is 35.5 Å². The van der Waals surface area contributed by atoms with Crippen molar-refractivity contribution in [3.8, 4) is 5.75 Å². The Kier molecular flexibility index (Phi) is 6.08. The fraction of sp³-hybridized carbons (Fsp3) is 0.545. The van der Waals surface area contributed by atoms with Crippen molar-refractivity contribution in [1.29, 1.82) is 0 Å². The molecule has 0 N–H and O–H groups in total. The minimum atomic E-state index is -0.204. The van der Waals surface area contributed by atoms with Gasteiger partial charge in [-0.1, -0.05) is 26.0 Å². The number of carbonyl (C=O) groups is 2. The molecule has 0 radical (unpaired) electrons. The molecule has 6 nitrogen and oxygen atoms in total. The first-order chi connectivity index (χ1) is 13.3. The molecule has 3 rings (SSSR count). The maximum atomic E-state index is 13.2. The van der Waals surface area contributed by atoms with Gasteiger partial charge in [0.15, 0.2) is 0 Å². The molecule has 2 heterocycles. The number of amides is 2. The highest BCUT2D eigenvalue weighted by molar-refractivity contribution is 6.35. The van der Waals surface area contributed by atoms with E-state index in [0.717, 1.165) is 37.5 Å². The summed E-state index contributed by atoms with van der Waals surface area (Å²) >= 11 is 0. The van der Waals surface area contributed by atoms with Crippen LogP contribution in [0.25, 0.3) is 5.57 Å². The van der Waals surface area contributed by atoms with Crippen LogP contribution in [0.5, 0.6) is 5.75 Å². The van der Waals surface area contributed by atoms with E-state index < -0.39 is 0 Å². The predicted octanol–water partition coefficient (Wildman–Crippen LogP) is 2.46. The zero-order valence-electron chi connectivity index (χ0n) is 17.6. The van der Waals surface area contributed by atoms with Crippen LogP contribution in [0.2, 0.25) is 0 Å². The van der Waals surface area contributed by atoms with Crippen LogP contribution in [0.4, 0.5) is 0 Å². The molecule has 28 heavy (non-hydrogen) atoms. The maximum Gasteiger partial charge on any atom is 0.278 e. The maximum absolute atomic E-state index is 13.2. The number of likely N-dealkylation sites (N-methyl/N-ethyl adjacent to an activating group) is 1. The summed E-state index contributed by atoms with van der Waals surface area (Å²) in [6, 6.07) is 7.35. The molecule has 0 bridgehead atoms. The summed E-state index contributed by atoms with van der Waals surface area (Å²) in [6.07, 6.45) is 0. The van der Waals surface area contributed by atoms with E-state index in [9.17, 15) is 9.59 Å². The lowest BCUT2D eigenvalue weighted by Gasteiger charge is -2.34. The molecule has 2 aliphatic heterocycles. The standard InChI is InChI=1S/C22H31N3O3/c1-15(2)14-28-18-8-6-17(7-9-18)19-20(24-12-10-23(5)11-13-24)22(27)25(16(3)4)21(19)26/h6-9,15-16H,10-14H2,1-5H3. The number of benzene rings is 1. The van der Waals surface area contributed by atoms with Crippen LogP contribution in [-0.4, -0.2) is 72.4 Å². The van der Waals surface area contributed by atoms with Gasteiger partial charge < -0.3 is 14.5 Å². The third kappa shape index (κ3) is 4.07. The number of hydrogen-bond donors (Lipinski definition) is 0. The molecule has 0 atom stereocenters. The lowest BCUT2D eigenvalue weighted by Crippen LogP contribution is -2.46. The van der Waals surface area contributed by atoms with Gasteiger partial charge >= 0.3 is 0 Å². The molecule has 152 valence electrons. The van der Waals surface area contributed by atoms with Gasteiger partial charge in [-0.2, -0.15) is 0 Å². The molecule has 1 fully saturated rings. The molecular formula is C22H31N3O3. The number of imide groups is 1. The second kappa shape index (κ2) is 8.35. The zero-order valence-corrected chi connectivity index (χ0v) is 17.6. The first-order valence-corrected chi connectivity index (χ1v) is 10.1. The summed E-state index contributed by atoms with van der Waals surface area (Å²) in [4.78, 5) is 32.0. The van der Waals surface area contributed by atoms with E-state index in [1.807, 2.05) is 38.1 Å². The Hall–Kier alpha value is -2.34. The molecule has 0 aliphatic carbocycles. The predicted molar refractivity (Wildman–Crippen MR) is 110 cm³/mol. The average molecular weight is 386 g/mol. The van der Waals surface area contributed by atoms with Gasteiger partial charge in [-0.05, 0) is 44.5 Å². The van der Waals surface area contributed by atoms with E-state index in [1.165, 1.54) is 4.90 Å². The van der Waals surface area contributed by atoms with Crippen molar-refractivity contribution >= 4 is 17.4 Å². The normalized spacial score (nSPS) is 18.8. The quantitative estimate of drug-likeness (QED) is 0.704. The van der Waals surface area contributed by atoms with E-state index in [0.29, 0.717) is 23.8 Å². The highest BCUT2D eigenvalue weighted by Gasteiger charge is 2.43. The Morgan fingerprint density at radius 1 is 0.929 bits per heavy atom. The van der Waals surface area contributed by atoms with E-state index in [2.05, 4.69) is 30.7 Å². The second-order valence-corrected chi connectivity index (χ2v) is 8.32. The summed E-state index contributed by atoms with van der Waals surface area (Å²) in [6.45, 7) is 11.9. The van der Waals surface area contributed by atoms with Crippen molar-refractivity contribution in [2.45, 2.75) is 33.7 Å². The molecule has 0 saturated carbocycles. The van der Waals surface area contributed by atoms with Gasteiger partial charge in [0.05, 0.1) is 12.2 Å². The van der Waals surface area contributed by atoms with Crippen LogP contribution in [-0.2, 0) is 9.59 Å². The smallest absolute Gasteiger partial charge is 0.278 e. The van der Waals surface area contributed by atoms with Crippen molar-refractivity contribution in [1.82, 2.24) is 14.7 Å². The molecule has 0 spiro atoms. The largest absolute Gasteiger partial charge is 0.493 e. The van der Waals surface area contributed by atoms with Crippen molar-refractivity contribution < 1.29 is 14.3 Å². The molecule has 6 heteroatoms. The average Bonchev–Trinajstić information content (AvgIpc) is 2.91. The second-order valence-electron chi connectivity index (χ2n) is 8.32. The minimum absolute atomic E-state index is 0.173. The van der Waals surface area contributed by atoms with Crippen LogP contribution < -0.4 is 4.74 Å². The molecule has 1 aromatic carbocycles. The van der Waals surface area contributed by atoms with Gasteiger partial charge in [-0.15, -0.1) is 0 Å². The lowest BCUT2D eigenvalue weighted by atomic mass is 10.0. The van der Waals surface area contributed by atoms with Crippen LogP contribution in [0, 0.1) is 5.92 Å². The number of rotatable bonds is 6. The fourth-order valence-corrected chi connectivity index (χ4v) is 3.57. The summed E-state index contributed by atoms with van der Waals surface area (Å²) < 4.78 is 5.75. The Labute approximate surface area is 167 Å². The Morgan fingerprint density at radius 2 is 1.54 bits per heavy atom. The van der Waals surface area contributed by atoms with E-state index in [-0.39, 0.29) is 17.9 Å². The van der Waals surface area contributed by atoms with Crippen LogP contribution in [0.1, 0.15) is 33.3 Å². The molecule has 2 amide bonds. The van der Waals surface area contributed by atoms with Crippen molar-refractivity contribution in [2.24, 2.45) is 5.92 Å². The van der Waals surface area contributed by atoms with Gasteiger partial charge in [0.25, 0.3) is 11.8 Å². The zero-order chi connectivity index (χ0) is 20.4. The van der Waals surface area contributed by atoms with Gasteiger partial charge in [-0.25, -0.2) is 0 Å². The molecule has 1 aromatic rings. The number of piperazine rings is 1. The third-order valence-corrected chi connectivity index (χ3v) is 5.15. The van der Waals surface area contributed by atoms with Crippen LogP contribution >= 0.6 is 0 Å². The first kappa shape index (κ1) is 20.4. The Morgan fingerprint density at radius 3 is 2.07 bits per heavy atom. The molecule has 2 aliphatic rings. The number of nitrogens with zero attached hydrogens (tertiary/aromatic N) is 3. The third-order valence-electron chi connectivity index (χ3n) is 5.15. The number of hydrogen-bond acceptors (Lipinski definition) is 5. The number of ether oxygens (including phenoxy) is 1. The van der Waals surface area contributed by atoms with Gasteiger partial charge in [0.1, 0.15) is 11.4 Å². The Balaban J connectivity index is 1.95. The van der Waals surface area contributed by atoms with Crippen LogP contribution in [0.3, 0.4) is 0 Å². The minimum Gasteiger partial charge on any atom is -0.493 e. The molecule has 0 unspecified atom stereocenters. The van der Waals surface area contributed by atoms with E-state index >= 15 is 0 Å². The molecular weight excluding hydrogens is 354 g/mol. The fourth-order valence-electron chi connectivity index (χ4n) is 3.57. The topological polar surface area (TPSA) is 53.1 Å². The molecule has 1 saturated heterocycles. The lowest BCUT2D eigenvalue weighted by molar-refractivity contribution is -0.139. The van der Waals surface area contributed by atoms with E-state index in [1.54, 1.807) is 0 Å². The summed E-state index contributed by atoms with van der Waals surface area (Å²) in [5, 5.41) is 0. The first-order valence-electron chi connectivity index (χ1n) is 10.1. The highest BCUT2D eigenvalue weighted by atomic mass is 16.5. The Bertz CT molecular complexity index is 760. The summed E-state index contributed by atoms with van der Waals surface area (Å²) in [5.41, 5.74) is 1.83. The van der Waals surface area contributed by atoms with Gasteiger partial charge in [0.2, 0.25) is 0 Å². The van der Waals surface area contributed by atoms with Gasteiger partial charge in [0, 0.05) is 32.2 Å². The number of carbonyl (C=O) groups excluding carboxylic acids is 2. The van der Waals surface area contributed by atoms with Gasteiger partial charge in [-0.3, -0.25) is 14.5 Å². The highest BCUT2D eigenvalue weighted by Crippen LogP contribution is 2.34. The van der Waals surface area contributed by atoms with Crippen molar-refractivity contribution in [2.75, 3.05) is 39.8 Å². The van der Waals surface area contributed by atoms with E-state index in [4.69, 9.17) is 4.74 Å². The monoisotopic (exact) mass is 385 g/mol. The SMILES string of the molecule is CC(C)COc1ccc(C2=C(N3CCN(C)CC3)C(=O)N(C(C)C)C2=O)cc1. The van der Waals surface area contributed by atoms with Crippen LogP contribution in [0.15, 0.2) is 30.0 Å². The summed E-state index contributed by atoms with van der Waals surface area (Å²) in [7, 11) is 2.07.